The number of aromatic nitrogens is 3. The van der Waals surface area contributed by atoms with E-state index in [1.54, 1.807) is 6.08 Å². The molecule has 680 valence electrons. The van der Waals surface area contributed by atoms with Crippen LogP contribution in [-0.2, 0) is 47.9 Å². The third-order valence-electron chi connectivity index (χ3n) is 17.4. The molecule has 0 radical (unpaired) electrons. The van der Waals surface area contributed by atoms with E-state index in [0.29, 0.717) is 71.2 Å². The first-order chi connectivity index (χ1) is 62.0. The van der Waals surface area contributed by atoms with Gasteiger partial charge in [0.2, 0.25) is 41.3 Å². The van der Waals surface area contributed by atoms with Crippen LogP contribution in [0.2, 0.25) is 0 Å². The van der Waals surface area contributed by atoms with E-state index >= 15 is 0 Å². The number of H-pyrrole nitrogens is 3. The van der Waals surface area contributed by atoms with Gasteiger partial charge in [-0.3, -0.25) is 98.3 Å². The number of amides is 10. The summed E-state index contributed by atoms with van der Waals surface area (Å²) in [7, 11) is 0. The molecule has 130 heavy (non-hydrogen) atoms. The van der Waals surface area contributed by atoms with Gasteiger partial charge in [-0.25, -0.2) is 4.99 Å². The van der Waals surface area contributed by atoms with E-state index < -0.39 is 29.2 Å². The van der Waals surface area contributed by atoms with Crippen molar-refractivity contribution in [3.63, 3.8) is 0 Å². The smallest absolute Gasteiger partial charge is 0.263 e. The Bertz CT molecular complexity index is 5810. The van der Waals surface area contributed by atoms with Crippen molar-refractivity contribution in [1.29, 1.82) is 0 Å². The van der Waals surface area contributed by atoms with Crippen LogP contribution in [0, 0.1) is 4.77 Å². The summed E-state index contributed by atoms with van der Waals surface area (Å²) in [5, 5.41) is 69.9. The number of carbonyl (C=O) groups is 13. The van der Waals surface area contributed by atoms with Crippen molar-refractivity contribution in [2.75, 3.05) is 55.7 Å². The molecule has 6 aliphatic heterocycles. The highest BCUT2D eigenvalue weighted by Crippen LogP contribution is 2.31. The van der Waals surface area contributed by atoms with E-state index in [9.17, 15) is 77.3 Å². The van der Waals surface area contributed by atoms with Gasteiger partial charge < -0.3 is 81.4 Å². The number of hydrogen-bond donors (Lipinski definition) is 17. The Morgan fingerprint density at radius 1 is 0.462 bits per heavy atom. The van der Waals surface area contributed by atoms with Gasteiger partial charge in [0.05, 0.1) is 35.5 Å². The van der Waals surface area contributed by atoms with Gasteiger partial charge in [0.15, 0.2) is 65.9 Å². The number of hydrogen-bond acceptors (Lipinski definition) is 30. The highest BCUT2D eigenvalue weighted by Gasteiger charge is 2.29. The zero-order chi connectivity index (χ0) is 95.8. The molecule has 0 aliphatic carbocycles. The molecule has 0 atom stereocenters. The number of nitrogens with one attached hydrogen (secondary N) is 12. The number of benzene rings is 6. The molecule has 10 amide bonds. The maximum atomic E-state index is 12.0. The van der Waals surface area contributed by atoms with Gasteiger partial charge >= 0.3 is 0 Å². The third kappa shape index (κ3) is 32.7. The number of aromatic amines is 3. The van der Waals surface area contributed by atoms with Gasteiger partial charge in [0.25, 0.3) is 29.2 Å². The summed E-state index contributed by atoms with van der Waals surface area (Å²) in [5.74, 6) is -4.28. The summed E-state index contributed by atoms with van der Waals surface area (Å²) < 4.78 is 11.5. The van der Waals surface area contributed by atoms with E-state index in [4.69, 9.17) is 61.4 Å². The van der Waals surface area contributed by atoms with E-state index in [-0.39, 0.29) is 131 Å². The highest BCUT2D eigenvalue weighted by atomic mass is 32.1. The van der Waals surface area contributed by atoms with Crippen molar-refractivity contribution in [1.82, 2.24) is 67.7 Å². The van der Waals surface area contributed by atoms with Crippen LogP contribution in [0.1, 0.15) is 122 Å². The lowest BCUT2D eigenvalue weighted by Crippen LogP contribution is -2.52. The lowest BCUT2D eigenvalue weighted by Gasteiger charge is -2.25. The molecule has 8 aromatic rings. The molecule has 5 fully saturated rings. The molecular weight excluding hydrogens is 1800 g/mol. The van der Waals surface area contributed by atoms with E-state index in [2.05, 4.69) is 155 Å². The number of fused-ring (bicyclic) bond motifs is 2. The van der Waals surface area contributed by atoms with Gasteiger partial charge in [-0.2, -0.15) is 0 Å². The van der Waals surface area contributed by atoms with Crippen LogP contribution in [0.4, 0.5) is 11.4 Å². The Morgan fingerprint density at radius 3 is 1.37 bits per heavy atom. The Balaban J connectivity index is 0.000000230. The van der Waals surface area contributed by atoms with Crippen molar-refractivity contribution >= 4 is 223 Å². The lowest BCUT2D eigenvalue weighted by atomic mass is 10.1. The number of allylic oxidation sites excluding steroid dienone is 1. The Labute approximate surface area is 774 Å². The Morgan fingerprint density at radius 2 is 0.923 bits per heavy atom. The van der Waals surface area contributed by atoms with Gasteiger partial charge in [-0.1, -0.05) is 62.4 Å². The van der Waals surface area contributed by atoms with Gasteiger partial charge in [-0.05, 0) is 217 Å². The van der Waals surface area contributed by atoms with E-state index in [0.717, 1.165) is 84.4 Å². The third-order valence-corrected chi connectivity index (χ3v) is 18.8. The Hall–Kier alpha value is -15.1. The summed E-state index contributed by atoms with van der Waals surface area (Å²) in [5.41, 5.74) is 5.96. The molecule has 17 N–H and O–H groups in total. The minimum Gasteiger partial charge on any atom is -0.504 e. The van der Waals surface area contributed by atoms with Crippen LogP contribution in [0.5, 0.6) is 40.4 Å². The quantitative estimate of drug-likeness (QED) is 0.00737. The summed E-state index contributed by atoms with van der Waals surface area (Å²) in [6, 6.07) is 36.6. The molecule has 2 aromatic heterocycles. The monoisotopic (exact) mass is 1890 g/mol. The van der Waals surface area contributed by atoms with Crippen LogP contribution >= 0.6 is 73.3 Å². The number of phenols is 4. The second-order valence-electron chi connectivity index (χ2n) is 26.8. The number of anilines is 2. The lowest BCUT2D eigenvalue weighted by molar-refractivity contribution is -0.135. The first-order valence-corrected chi connectivity index (χ1v) is 41.7. The number of aromatic hydroxyl groups is 5. The van der Waals surface area contributed by atoms with E-state index in [1.165, 1.54) is 59.5 Å². The first-order valence-electron chi connectivity index (χ1n) is 39.2. The number of phenolic OH excluding ortho intramolecular Hbond substituents is 4. The molecule has 0 spiro atoms. The zero-order valence-corrected chi connectivity index (χ0v) is 75.3. The molecule has 0 unspecified atom stereocenters. The molecule has 43 heteroatoms. The maximum absolute atomic E-state index is 12.0. The average Bonchev–Trinajstić information content (AvgIpc) is 1.66. The predicted octanol–water partition coefficient (Wildman–Crippen LogP) is 6.49. The fourth-order valence-electron chi connectivity index (χ4n) is 11.3. The molecule has 0 bridgehead atoms. The fraction of sp³-hybridized carbons (Fsp3) is 0.207. The standard InChI is InChI=1S/C18H23N3O3S.C14H21NO2.C13H9N3O2S.C11H8N2O4S.C9H7NO.C7H8N2O2S.C7H6O3.2C4H4N2O2S/c1-4-9-24-15-11-13(21(5-2)6-3)8-7-12(15)10-14-16(22)19-18(25)20-17(14)23;1-4-9-17-14-10-13(15(5-2)6-3)8-7-12(14)11-16;17-11-9(12(18)16-13(19)15-11)6-8-5-7-3-1-2-4-10(7)14-8;14-7-2-1-5(4-8(7)15)3-6-9(16)12-11(18)13-10(6)17;11-6-8-5-7-3-1-2-4-9(7)10-8;1-2-3-9-6(11)4-5(10)8-7(9)12;8-4-5-1-2-6(9)7(10)3-5;2*7-2-1-3(8)6-4(9)5-2/h7-8,10-11H,4-6,9H2,1-3H3,(H2,19,20,22,23,25);7-8,10-11H,4-6,9H2,1-3H3;1-6H,(H3,15,16,17,18,19);1-4,14-15H,(H2,12,13,16,17,18);1-6,10H;2H,1,3-4H2,(H,8,10,12);1-4,9-10H;2*1H2,(H2,5,6,7,8,9). The molecule has 14 rings (SSSR count). The average molecular weight is 1890 g/mol. The van der Waals surface area contributed by atoms with Crippen molar-refractivity contribution in [3.05, 3.63) is 216 Å². The maximum Gasteiger partial charge on any atom is 0.263 e. The number of ether oxygens (including phenoxy) is 2. The van der Waals surface area contributed by atoms with Crippen LogP contribution < -0.4 is 83.3 Å². The zero-order valence-electron chi connectivity index (χ0n) is 70.4. The number of nitrogens with zero attached hydrogens (tertiary/aromatic N) is 4. The summed E-state index contributed by atoms with van der Waals surface area (Å²) >= 11 is 28.0. The van der Waals surface area contributed by atoms with Crippen LogP contribution in [0.25, 0.3) is 35.2 Å². The number of aldehydes is 3. The van der Waals surface area contributed by atoms with Crippen LogP contribution in [0.3, 0.4) is 0 Å². The number of thiocarbonyl (C=S) groups is 5. The molecule has 0 saturated carbocycles. The highest BCUT2D eigenvalue weighted by molar-refractivity contribution is 7.81. The molecular formula is C87H90N16O21S6. The second kappa shape index (κ2) is 52.2. The van der Waals surface area contributed by atoms with Crippen LogP contribution in [0.15, 0.2) is 167 Å². The van der Waals surface area contributed by atoms with Crippen molar-refractivity contribution < 1.29 is 97.3 Å². The van der Waals surface area contributed by atoms with Crippen LogP contribution in [-0.4, -0.2) is 195 Å². The van der Waals surface area contributed by atoms with Gasteiger partial charge in [-0.15, -0.1) is 6.58 Å². The summed E-state index contributed by atoms with van der Waals surface area (Å²) in [6.45, 7) is 21.2. The number of para-hydroxylation sites is 2. The minimum atomic E-state index is -0.615. The summed E-state index contributed by atoms with van der Waals surface area (Å²) in [4.78, 5) is 172. The van der Waals surface area contributed by atoms with Crippen molar-refractivity contribution in [2.45, 2.75) is 73.6 Å². The largest absolute Gasteiger partial charge is 0.504 e. The first kappa shape index (κ1) is 104. The molecule has 8 heterocycles. The topological polar surface area (TPSA) is 536 Å². The molecule has 5 saturated heterocycles. The summed E-state index contributed by atoms with van der Waals surface area (Å²) in [6.07, 6.45) is 11.4. The second-order valence-corrected chi connectivity index (χ2v) is 29.2. The van der Waals surface area contributed by atoms with Crippen molar-refractivity contribution in [2.24, 2.45) is 4.99 Å². The fourth-order valence-corrected chi connectivity index (χ4v) is 12.6. The minimum absolute atomic E-state index is 0.00513. The molecule has 6 aliphatic rings. The van der Waals surface area contributed by atoms with E-state index in [1.807, 2.05) is 104 Å². The SMILES string of the molecule is C=CCN1C(=O)CC(=O)NC1=S.CCCOc1cc(N(CC)CC)ccc1C=C1C(=O)NC(=S)NC1=O.CCCOc1cc(N(CC)CC)ccc1C=O.O=C1CC(=O)NC(=S)N1.O=C1CC(=O)NC(=S)N1.O=C1NC(=S)NC(=O)C1=Cc1ccc(O)c(O)c1.O=Cc1cc2ccccc2[nH]1.O=Cc1ccc(O)c(O)c1.O=c1[nH]c(=S)[nH]c(O)c1C=C1C=c2ccccc2=N1. The van der Waals surface area contributed by atoms with Gasteiger partial charge in [0.1, 0.15) is 53.8 Å². The van der Waals surface area contributed by atoms with Gasteiger partial charge in [0, 0.05) is 83.5 Å². The number of carbonyl (C=O) groups excluding carboxylic acids is 13. The normalized spacial score (nSPS) is 14.1. The molecule has 37 nitrogen and oxygen atoms in total. The van der Waals surface area contributed by atoms with Crippen molar-refractivity contribution in [3.8, 4) is 40.4 Å². The number of rotatable bonds is 20. The predicted molar refractivity (Wildman–Crippen MR) is 507 cm³/mol. The molecule has 6 aromatic carbocycles. The Kier molecular flexibility index (Phi) is 41.6.